The van der Waals surface area contributed by atoms with E-state index in [2.05, 4.69) is 13.5 Å². The van der Waals surface area contributed by atoms with Crippen LogP contribution in [-0.4, -0.2) is 38.0 Å². The molecule has 0 heterocycles. The van der Waals surface area contributed by atoms with Crippen molar-refractivity contribution in [1.29, 1.82) is 0 Å². The zero-order valence-electron chi connectivity index (χ0n) is 18.9. The molecule has 4 nitrogen and oxygen atoms in total. The van der Waals surface area contributed by atoms with E-state index in [4.69, 9.17) is 14.6 Å². The maximum Gasteiger partial charge on any atom is 0.335 e. The molecule has 0 aromatic heterocycles. The van der Waals surface area contributed by atoms with Crippen LogP contribution in [-0.2, 0) is 14.3 Å². The lowest BCUT2D eigenvalue weighted by atomic mass is 9.67. The maximum absolute atomic E-state index is 11.8. The van der Waals surface area contributed by atoms with Gasteiger partial charge < -0.3 is 14.6 Å². The average molecular weight is 409 g/mol. The largest absolute Gasteiger partial charge is 0.462 e. The summed E-state index contributed by atoms with van der Waals surface area (Å²) in [5.74, 6) is 3.13. The Labute approximate surface area is 178 Å². The van der Waals surface area contributed by atoms with Gasteiger partial charge in [-0.25, -0.2) is 4.79 Å². The van der Waals surface area contributed by atoms with Gasteiger partial charge in [0.2, 0.25) is 0 Å². The molecule has 168 valence electrons. The van der Waals surface area contributed by atoms with Crippen LogP contribution in [0.4, 0.5) is 0 Å². The number of hydrogen-bond acceptors (Lipinski definition) is 4. The second kappa shape index (κ2) is 13.4. The van der Waals surface area contributed by atoms with E-state index in [1.54, 1.807) is 7.11 Å². The summed E-state index contributed by atoms with van der Waals surface area (Å²) in [6.07, 6.45) is 16.4. The minimum absolute atomic E-state index is 0.121. The molecule has 0 spiro atoms. The SMILES string of the molecule is C=C(CO)C(=O)OCC(COC)C1CCC(C2CCC(CCCCC)CC2)CC1. The van der Waals surface area contributed by atoms with Crippen LogP contribution in [0.2, 0.25) is 0 Å². The Morgan fingerprint density at radius 1 is 1.00 bits per heavy atom. The number of carbonyl (C=O) groups is 1. The van der Waals surface area contributed by atoms with E-state index in [1.165, 1.54) is 77.0 Å². The highest BCUT2D eigenvalue weighted by Gasteiger charge is 2.33. The fraction of sp³-hybridized carbons (Fsp3) is 0.880. The molecule has 2 aliphatic carbocycles. The van der Waals surface area contributed by atoms with Gasteiger partial charge in [0.05, 0.1) is 25.4 Å². The first-order chi connectivity index (χ1) is 14.1. The van der Waals surface area contributed by atoms with Crippen molar-refractivity contribution >= 4 is 5.97 Å². The summed E-state index contributed by atoms with van der Waals surface area (Å²) < 4.78 is 10.8. The van der Waals surface area contributed by atoms with Gasteiger partial charge in [-0.1, -0.05) is 52.0 Å². The predicted molar refractivity (Wildman–Crippen MR) is 118 cm³/mol. The summed E-state index contributed by atoms with van der Waals surface area (Å²) in [5.41, 5.74) is 0.121. The summed E-state index contributed by atoms with van der Waals surface area (Å²) in [6, 6.07) is 0. The van der Waals surface area contributed by atoms with Gasteiger partial charge >= 0.3 is 5.97 Å². The number of methoxy groups -OCH3 is 1. The van der Waals surface area contributed by atoms with Crippen molar-refractivity contribution in [1.82, 2.24) is 0 Å². The van der Waals surface area contributed by atoms with Gasteiger partial charge in [0.15, 0.2) is 0 Å². The number of rotatable bonds is 12. The van der Waals surface area contributed by atoms with E-state index in [9.17, 15) is 4.79 Å². The van der Waals surface area contributed by atoms with Crippen LogP contribution < -0.4 is 0 Å². The highest BCUT2D eigenvalue weighted by Crippen LogP contribution is 2.43. The smallest absolute Gasteiger partial charge is 0.335 e. The highest BCUT2D eigenvalue weighted by molar-refractivity contribution is 5.87. The molecule has 0 saturated heterocycles. The van der Waals surface area contributed by atoms with Crippen molar-refractivity contribution < 1.29 is 19.4 Å². The van der Waals surface area contributed by atoms with Crippen LogP contribution in [0.5, 0.6) is 0 Å². The molecule has 1 N–H and O–H groups in total. The van der Waals surface area contributed by atoms with E-state index < -0.39 is 5.97 Å². The van der Waals surface area contributed by atoms with Crippen LogP contribution in [0.3, 0.4) is 0 Å². The van der Waals surface area contributed by atoms with E-state index >= 15 is 0 Å². The molecule has 0 aromatic rings. The molecule has 0 amide bonds. The Balaban J connectivity index is 1.72. The summed E-state index contributed by atoms with van der Waals surface area (Å²) in [7, 11) is 1.71. The first kappa shape index (κ1) is 24.4. The molecule has 4 heteroatoms. The Bertz CT molecular complexity index is 473. The van der Waals surface area contributed by atoms with Gasteiger partial charge in [0, 0.05) is 13.0 Å². The number of unbranched alkanes of at least 4 members (excludes halogenated alkanes) is 2. The molecule has 2 saturated carbocycles. The Hall–Kier alpha value is -0.870. The molecule has 0 bridgehead atoms. The Kier molecular flexibility index (Phi) is 11.3. The van der Waals surface area contributed by atoms with Crippen molar-refractivity contribution in [2.24, 2.45) is 29.6 Å². The predicted octanol–water partition coefficient (Wildman–Crippen LogP) is 5.53. The number of aliphatic hydroxyl groups excluding tert-OH is 1. The van der Waals surface area contributed by atoms with Crippen LogP contribution in [0, 0.1) is 29.6 Å². The summed E-state index contributed by atoms with van der Waals surface area (Å²) in [5, 5.41) is 9.02. The fourth-order valence-electron chi connectivity index (χ4n) is 5.60. The standard InChI is InChI=1S/C25H44O4/c1-4-5-6-7-20-8-10-21(11-9-20)22-12-14-23(15-13-22)24(17-28-3)18-29-25(27)19(2)16-26/h20-24,26H,2,4-18H2,1,3H3. The van der Waals surface area contributed by atoms with Gasteiger partial charge in [0.1, 0.15) is 0 Å². The molecular weight excluding hydrogens is 364 g/mol. The second-order valence-corrected chi connectivity index (χ2v) is 9.53. The first-order valence-electron chi connectivity index (χ1n) is 12.0. The normalized spacial score (nSPS) is 28.7. The second-order valence-electron chi connectivity index (χ2n) is 9.53. The molecule has 29 heavy (non-hydrogen) atoms. The Morgan fingerprint density at radius 2 is 1.62 bits per heavy atom. The van der Waals surface area contributed by atoms with Gasteiger partial charge in [0.25, 0.3) is 0 Å². The van der Waals surface area contributed by atoms with Crippen molar-refractivity contribution in [2.75, 3.05) is 26.9 Å². The van der Waals surface area contributed by atoms with Crippen molar-refractivity contribution in [3.05, 3.63) is 12.2 Å². The van der Waals surface area contributed by atoms with E-state index in [0.717, 1.165) is 17.8 Å². The monoisotopic (exact) mass is 408 g/mol. The maximum atomic E-state index is 11.8. The van der Waals surface area contributed by atoms with E-state index in [1.807, 2.05) is 0 Å². The minimum atomic E-state index is -0.488. The van der Waals surface area contributed by atoms with Gasteiger partial charge in [-0.15, -0.1) is 0 Å². The number of hydrogen-bond donors (Lipinski definition) is 1. The van der Waals surface area contributed by atoms with Crippen molar-refractivity contribution in [3.8, 4) is 0 Å². The van der Waals surface area contributed by atoms with E-state index in [-0.39, 0.29) is 18.1 Å². The highest BCUT2D eigenvalue weighted by atomic mass is 16.5. The average Bonchev–Trinajstić information content (AvgIpc) is 2.76. The molecular formula is C25H44O4. The first-order valence-corrected chi connectivity index (χ1v) is 12.0. The van der Waals surface area contributed by atoms with Gasteiger partial charge in [-0.2, -0.15) is 0 Å². The number of carbonyl (C=O) groups excluding carboxylic acids is 1. The number of aliphatic hydroxyl groups is 1. The quantitative estimate of drug-likeness (QED) is 0.262. The molecule has 2 aliphatic rings. The van der Waals surface area contributed by atoms with Crippen molar-refractivity contribution in [2.45, 2.75) is 84.0 Å². The topological polar surface area (TPSA) is 55.8 Å². The molecule has 2 rings (SSSR count). The van der Waals surface area contributed by atoms with Crippen molar-refractivity contribution in [3.63, 3.8) is 0 Å². The van der Waals surface area contributed by atoms with Crippen LogP contribution >= 0.6 is 0 Å². The van der Waals surface area contributed by atoms with Crippen LogP contribution in [0.1, 0.15) is 84.0 Å². The molecule has 0 radical (unpaired) electrons. The minimum Gasteiger partial charge on any atom is -0.462 e. The summed E-state index contributed by atoms with van der Waals surface area (Å²) >= 11 is 0. The zero-order valence-corrected chi connectivity index (χ0v) is 18.9. The third-order valence-corrected chi connectivity index (χ3v) is 7.55. The number of esters is 1. The fourth-order valence-corrected chi connectivity index (χ4v) is 5.60. The van der Waals surface area contributed by atoms with Gasteiger partial charge in [-0.3, -0.25) is 0 Å². The molecule has 1 atom stereocenters. The summed E-state index contributed by atoms with van der Waals surface area (Å²) in [6.45, 7) is 6.47. The molecule has 1 unspecified atom stereocenters. The zero-order chi connectivity index (χ0) is 21.1. The van der Waals surface area contributed by atoms with Gasteiger partial charge in [-0.05, 0) is 62.2 Å². The van der Waals surface area contributed by atoms with Crippen LogP contribution in [0.15, 0.2) is 12.2 Å². The third kappa shape index (κ3) is 8.05. The molecule has 2 fully saturated rings. The lowest BCUT2D eigenvalue weighted by Gasteiger charge is -2.39. The third-order valence-electron chi connectivity index (χ3n) is 7.55. The lowest BCUT2D eigenvalue weighted by molar-refractivity contribution is -0.142. The van der Waals surface area contributed by atoms with E-state index in [0.29, 0.717) is 19.1 Å². The Morgan fingerprint density at radius 3 is 2.17 bits per heavy atom. The van der Waals surface area contributed by atoms with Crippen LogP contribution in [0.25, 0.3) is 0 Å². The lowest BCUT2D eigenvalue weighted by Crippen LogP contribution is -2.32. The summed E-state index contributed by atoms with van der Waals surface area (Å²) in [4.78, 5) is 11.8. The molecule has 0 aliphatic heterocycles. The molecule has 0 aromatic carbocycles. The number of ether oxygens (including phenoxy) is 2.